The Morgan fingerprint density at radius 2 is 2.28 bits per heavy atom. The van der Waals surface area contributed by atoms with Crippen LogP contribution in [-0.2, 0) is 9.47 Å². The van der Waals surface area contributed by atoms with Crippen molar-refractivity contribution in [3.63, 3.8) is 0 Å². The van der Waals surface area contributed by atoms with Crippen molar-refractivity contribution >= 4 is 17.7 Å². The van der Waals surface area contributed by atoms with E-state index in [9.17, 15) is 9.90 Å². The van der Waals surface area contributed by atoms with E-state index in [1.165, 1.54) is 0 Å². The summed E-state index contributed by atoms with van der Waals surface area (Å²) in [6.45, 7) is 0.625. The Labute approximate surface area is 152 Å². The Hall–Kier alpha value is -1.74. The summed E-state index contributed by atoms with van der Waals surface area (Å²) in [6.07, 6.45) is 3.22. The van der Waals surface area contributed by atoms with Crippen LogP contribution in [0.2, 0.25) is 5.02 Å². The van der Waals surface area contributed by atoms with E-state index in [1.807, 2.05) is 12.1 Å². The van der Waals surface area contributed by atoms with Gasteiger partial charge in [-0.1, -0.05) is 29.5 Å². The Morgan fingerprint density at radius 3 is 3.04 bits per heavy atom. The number of carbonyl (C=O) groups excluding carboxylic acids is 1. The maximum atomic E-state index is 11.9. The van der Waals surface area contributed by atoms with Crippen LogP contribution in [-0.4, -0.2) is 35.7 Å². The summed E-state index contributed by atoms with van der Waals surface area (Å²) in [4.78, 5) is 11.9. The maximum absolute atomic E-state index is 11.9. The Balaban J connectivity index is 1.57. The average molecular weight is 364 g/mol. The zero-order valence-corrected chi connectivity index (χ0v) is 14.7. The number of rotatable bonds is 2. The molecule has 5 nitrogen and oxygen atoms in total. The Morgan fingerprint density at radius 1 is 1.40 bits per heavy atom. The second-order valence-electron chi connectivity index (χ2n) is 6.58. The molecule has 3 rings (SSSR count). The van der Waals surface area contributed by atoms with Gasteiger partial charge in [0.05, 0.1) is 6.61 Å². The van der Waals surface area contributed by atoms with E-state index in [4.69, 9.17) is 21.1 Å². The van der Waals surface area contributed by atoms with E-state index in [1.54, 1.807) is 12.1 Å². The first-order valence-electron chi connectivity index (χ1n) is 8.62. The van der Waals surface area contributed by atoms with Gasteiger partial charge in [-0.3, -0.25) is 0 Å². The van der Waals surface area contributed by atoms with Gasteiger partial charge in [-0.15, -0.1) is 0 Å². The highest BCUT2D eigenvalue weighted by Gasteiger charge is 2.34. The highest BCUT2D eigenvalue weighted by Crippen LogP contribution is 2.28. The molecule has 0 radical (unpaired) electrons. The molecule has 2 fully saturated rings. The molecule has 2 aliphatic rings. The second kappa shape index (κ2) is 8.09. The highest BCUT2D eigenvalue weighted by atomic mass is 35.5. The fraction of sp³-hybridized carbons (Fsp3) is 0.526. The van der Waals surface area contributed by atoms with Gasteiger partial charge in [0, 0.05) is 29.5 Å². The predicted molar refractivity (Wildman–Crippen MR) is 94.1 cm³/mol. The fourth-order valence-corrected chi connectivity index (χ4v) is 3.40. The van der Waals surface area contributed by atoms with Crippen molar-refractivity contribution in [1.82, 2.24) is 5.32 Å². The predicted octanol–water partition coefficient (Wildman–Crippen LogP) is 3.23. The molecule has 0 bridgehead atoms. The van der Waals surface area contributed by atoms with Gasteiger partial charge >= 0.3 is 6.09 Å². The number of halogens is 1. The van der Waals surface area contributed by atoms with Crippen molar-refractivity contribution in [2.75, 3.05) is 6.61 Å². The van der Waals surface area contributed by atoms with E-state index in [0.717, 1.165) is 31.2 Å². The second-order valence-corrected chi connectivity index (χ2v) is 7.01. The normalized spacial score (nSPS) is 28.7. The number of aliphatic hydroxyl groups is 1. The minimum absolute atomic E-state index is 0.165. The lowest BCUT2D eigenvalue weighted by Gasteiger charge is -2.33. The van der Waals surface area contributed by atoms with Crippen LogP contribution in [0.25, 0.3) is 0 Å². The van der Waals surface area contributed by atoms with Crippen LogP contribution in [0.1, 0.15) is 44.1 Å². The minimum Gasteiger partial charge on any atom is -0.420 e. The molecule has 134 valence electrons. The minimum atomic E-state index is -1.12. The molecule has 0 spiro atoms. The maximum Gasteiger partial charge on any atom is 0.409 e. The molecule has 0 unspecified atom stereocenters. The van der Waals surface area contributed by atoms with E-state index in [0.29, 0.717) is 24.5 Å². The fourth-order valence-electron chi connectivity index (χ4n) is 3.21. The van der Waals surface area contributed by atoms with Gasteiger partial charge in [0.1, 0.15) is 5.60 Å². The SMILES string of the molecule is O=C(N[C@@H]1CCC[C@](O)(C#Cc2cccc(Cl)c2)C1)O[C@H]1CCCO1. The quantitative estimate of drug-likeness (QED) is 0.792. The third kappa shape index (κ3) is 5.37. The van der Waals surface area contributed by atoms with Gasteiger partial charge in [-0.05, 0) is 43.9 Å². The zero-order valence-electron chi connectivity index (χ0n) is 14.0. The van der Waals surface area contributed by atoms with Gasteiger partial charge in [-0.2, -0.15) is 0 Å². The summed E-state index contributed by atoms with van der Waals surface area (Å²) in [7, 11) is 0. The number of hydrogen-bond donors (Lipinski definition) is 2. The molecule has 1 aliphatic carbocycles. The standard InChI is InChI=1S/C19H22ClNO4/c20-15-5-1-4-14(12-15)8-10-19(23)9-2-6-16(13-19)21-18(22)25-17-7-3-11-24-17/h1,4-5,12,16-17,23H,2-3,6-7,9,11,13H2,(H,21,22)/t16-,17+,19+/m1/s1. The van der Waals surface area contributed by atoms with E-state index >= 15 is 0 Å². The first kappa shape index (κ1) is 18.1. The number of carbonyl (C=O) groups is 1. The topological polar surface area (TPSA) is 67.8 Å². The summed E-state index contributed by atoms with van der Waals surface area (Å²) in [5.41, 5.74) is -0.364. The van der Waals surface area contributed by atoms with Gasteiger partial charge in [0.2, 0.25) is 6.29 Å². The van der Waals surface area contributed by atoms with E-state index < -0.39 is 18.0 Å². The van der Waals surface area contributed by atoms with Crippen LogP contribution in [0.3, 0.4) is 0 Å². The number of amides is 1. The van der Waals surface area contributed by atoms with E-state index in [-0.39, 0.29) is 6.04 Å². The van der Waals surface area contributed by atoms with Crippen LogP contribution >= 0.6 is 11.6 Å². The number of ether oxygens (including phenoxy) is 2. The summed E-state index contributed by atoms with van der Waals surface area (Å²) in [5, 5.41) is 14.2. The molecule has 1 saturated heterocycles. The van der Waals surface area contributed by atoms with Gasteiger partial charge < -0.3 is 19.9 Å². The Bertz CT molecular complexity index is 677. The molecule has 2 N–H and O–H groups in total. The van der Waals surface area contributed by atoms with Crippen LogP contribution in [0.4, 0.5) is 4.79 Å². The van der Waals surface area contributed by atoms with Crippen LogP contribution in [0.5, 0.6) is 0 Å². The third-order valence-corrected chi connectivity index (χ3v) is 4.67. The average Bonchev–Trinajstić information content (AvgIpc) is 3.06. The molecule has 1 aliphatic heterocycles. The monoisotopic (exact) mass is 363 g/mol. The molecule has 3 atom stereocenters. The van der Waals surface area contributed by atoms with Crippen LogP contribution in [0, 0.1) is 11.8 Å². The number of benzene rings is 1. The molecular formula is C19H22ClNO4. The van der Waals surface area contributed by atoms with Crippen molar-refractivity contribution in [2.45, 2.75) is 56.5 Å². The van der Waals surface area contributed by atoms with Gasteiger partial charge in [-0.25, -0.2) is 4.79 Å². The molecule has 0 aromatic heterocycles. The van der Waals surface area contributed by atoms with Crippen molar-refractivity contribution in [3.8, 4) is 11.8 Å². The van der Waals surface area contributed by atoms with Crippen LogP contribution in [0.15, 0.2) is 24.3 Å². The molecule has 6 heteroatoms. The van der Waals surface area contributed by atoms with Gasteiger partial charge in [0.15, 0.2) is 0 Å². The molecule has 1 saturated carbocycles. The van der Waals surface area contributed by atoms with Crippen molar-refractivity contribution in [3.05, 3.63) is 34.9 Å². The lowest BCUT2D eigenvalue weighted by Crippen LogP contribution is -2.45. The summed E-state index contributed by atoms with van der Waals surface area (Å²) >= 11 is 5.95. The third-order valence-electron chi connectivity index (χ3n) is 4.44. The zero-order chi connectivity index (χ0) is 17.7. The largest absolute Gasteiger partial charge is 0.420 e. The molecule has 1 heterocycles. The molecule has 1 aromatic rings. The summed E-state index contributed by atoms with van der Waals surface area (Å²) < 4.78 is 10.5. The van der Waals surface area contributed by atoms with Crippen molar-refractivity contribution in [1.29, 1.82) is 0 Å². The number of hydrogen-bond acceptors (Lipinski definition) is 4. The number of alkyl carbamates (subject to hydrolysis) is 1. The molecule has 1 aromatic carbocycles. The first-order chi connectivity index (χ1) is 12.0. The lowest BCUT2D eigenvalue weighted by molar-refractivity contribution is -0.0695. The van der Waals surface area contributed by atoms with E-state index in [2.05, 4.69) is 17.2 Å². The van der Waals surface area contributed by atoms with Crippen molar-refractivity contribution < 1.29 is 19.4 Å². The Kier molecular flexibility index (Phi) is 5.85. The molecule has 1 amide bonds. The smallest absolute Gasteiger partial charge is 0.409 e. The number of nitrogens with one attached hydrogen (secondary N) is 1. The first-order valence-corrected chi connectivity index (χ1v) is 9.00. The highest BCUT2D eigenvalue weighted by molar-refractivity contribution is 6.30. The molecule has 25 heavy (non-hydrogen) atoms. The lowest BCUT2D eigenvalue weighted by atomic mass is 9.82. The summed E-state index contributed by atoms with van der Waals surface area (Å²) in [6, 6.07) is 7.04. The van der Waals surface area contributed by atoms with Gasteiger partial charge in [0.25, 0.3) is 0 Å². The molecular weight excluding hydrogens is 342 g/mol. The van der Waals surface area contributed by atoms with Crippen LogP contribution < -0.4 is 5.32 Å². The van der Waals surface area contributed by atoms with Crippen molar-refractivity contribution in [2.24, 2.45) is 0 Å². The summed E-state index contributed by atoms with van der Waals surface area (Å²) in [5.74, 6) is 5.93.